The fourth-order valence-corrected chi connectivity index (χ4v) is 6.01. The van der Waals surface area contributed by atoms with Gasteiger partial charge in [0.2, 0.25) is 0 Å². The fraction of sp³-hybridized carbons (Fsp3) is 0.321. The summed E-state index contributed by atoms with van der Waals surface area (Å²) in [5.74, 6) is -0.605. The topological polar surface area (TPSA) is 126 Å². The van der Waals surface area contributed by atoms with Crippen molar-refractivity contribution >= 4 is 46.4 Å². The van der Waals surface area contributed by atoms with Crippen molar-refractivity contribution in [2.24, 2.45) is 4.99 Å². The first kappa shape index (κ1) is 28.7. The number of rotatable bonds is 8. The second kappa shape index (κ2) is 12.4. The minimum Gasteiger partial charge on any atom is -0.460 e. The Balaban J connectivity index is 1.60. The van der Waals surface area contributed by atoms with Crippen molar-refractivity contribution in [1.82, 2.24) is 4.57 Å². The zero-order valence-corrected chi connectivity index (χ0v) is 23.9. The summed E-state index contributed by atoms with van der Waals surface area (Å²) in [5.41, 5.74) is 1.87. The number of fused-ring (bicyclic) bond motifs is 1. The number of ether oxygens (including phenoxy) is 3. The van der Waals surface area contributed by atoms with Crippen molar-refractivity contribution in [1.29, 1.82) is 0 Å². The van der Waals surface area contributed by atoms with E-state index in [1.54, 1.807) is 49.4 Å². The molecule has 1 unspecified atom stereocenters. The second-order valence-electron chi connectivity index (χ2n) is 9.37. The standard InChI is InChI=1S/C28H27ClN4O7S/c1-17-24(27(35)40-14-13-38-2)25(19-4-6-20(29)7-5-19)32-26(34)23(41-28(32)30-17)16-18-3-8-21(22(15-18)33(36)37)31-9-11-39-12-10-31/h3-8,15-16,25H,9-14H2,1-2H3. The van der Waals surface area contributed by atoms with E-state index in [2.05, 4.69) is 4.99 Å². The molecule has 3 aromatic rings. The molecule has 11 nitrogen and oxygen atoms in total. The third-order valence-electron chi connectivity index (χ3n) is 6.79. The molecule has 0 saturated carbocycles. The zero-order valence-electron chi connectivity index (χ0n) is 22.4. The van der Waals surface area contributed by atoms with Crippen molar-refractivity contribution in [3.8, 4) is 0 Å². The van der Waals surface area contributed by atoms with Gasteiger partial charge < -0.3 is 19.1 Å². The highest BCUT2D eigenvalue weighted by Gasteiger charge is 2.33. The Labute approximate surface area is 243 Å². The average Bonchev–Trinajstić information content (AvgIpc) is 3.27. The van der Waals surface area contributed by atoms with E-state index in [0.717, 1.165) is 11.3 Å². The van der Waals surface area contributed by atoms with Crippen LogP contribution in [0.15, 0.2) is 63.5 Å². The van der Waals surface area contributed by atoms with Crippen LogP contribution in [0.25, 0.3) is 6.08 Å². The Hall–Kier alpha value is -3.84. The molecule has 13 heteroatoms. The summed E-state index contributed by atoms with van der Waals surface area (Å²) in [6.07, 6.45) is 1.61. The maximum Gasteiger partial charge on any atom is 0.338 e. The van der Waals surface area contributed by atoms with Crippen molar-refractivity contribution in [2.75, 3.05) is 51.5 Å². The van der Waals surface area contributed by atoms with Crippen LogP contribution in [0.4, 0.5) is 11.4 Å². The SMILES string of the molecule is COCCOC(=O)C1=C(C)N=c2sc(=Cc3ccc(N4CCOCC4)c([N+](=O)[O-])c3)c(=O)n2C1c1ccc(Cl)cc1. The van der Waals surface area contributed by atoms with Gasteiger partial charge in [0.1, 0.15) is 12.3 Å². The number of morpholine rings is 1. The number of nitro benzene ring substituents is 1. The third-order valence-corrected chi connectivity index (χ3v) is 8.03. The number of anilines is 1. The summed E-state index contributed by atoms with van der Waals surface area (Å²) in [6.45, 7) is 4.06. The van der Waals surface area contributed by atoms with Gasteiger partial charge in [0.25, 0.3) is 11.2 Å². The van der Waals surface area contributed by atoms with Crippen LogP contribution in [0.1, 0.15) is 24.1 Å². The normalized spacial score (nSPS) is 17.3. The number of nitrogens with zero attached hydrogens (tertiary/aromatic N) is 4. The number of hydrogen-bond acceptors (Lipinski definition) is 10. The van der Waals surface area contributed by atoms with Crippen LogP contribution in [0.3, 0.4) is 0 Å². The first-order chi connectivity index (χ1) is 19.8. The van der Waals surface area contributed by atoms with E-state index < -0.39 is 16.9 Å². The maximum absolute atomic E-state index is 13.8. The molecule has 5 rings (SSSR count). The van der Waals surface area contributed by atoms with E-state index in [1.807, 2.05) is 4.90 Å². The zero-order chi connectivity index (χ0) is 29.1. The summed E-state index contributed by atoms with van der Waals surface area (Å²) in [4.78, 5) is 45.4. The molecule has 1 saturated heterocycles. The van der Waals surface area contributed by atoms with Gasteiger partial charge in [-0.25, -0.2) is 9.79 Å². The molecule has 0 spiro atoms. The first-order valence-electron chi connectivity index (χ1n) is 12.8. The molecule has 0 amide bonds. The lowest BCUT2D eigenvalue weighted by atomic mass is 9.96. The number of hydrogen-bond donors (Lipinski definition) is 0. The van der Waals surface area contributed by atoms with Gasteiger partial charge in [-0.3, -0.25) is 19.5 Å². The molecular weight excluding hydrogens is 572 g/mol. The first-order valence-corrected chi connectivity index (χ1v) is 14.0. The number of carbonyl (C=O) groups is 1. The van der Waals surface area contributed by atoms with Crippen molar-refractivity contribution in [3.05, 3.63) is 99.7 Å². The molecule has 0 radical (unpaired) electrons. The van der Waals surface area contributed by atoms with Gasteiger partial charge in [0, 0.05) is 31.3 Å². The van der Waals surface area contributed by atoms with E-state index in [-0.39, 0.29) is 30.0 Å². The number of nitro groups is 1. The van der Waals surface area contributed by atoms with E-state index in [9.17, 15) is 19.7 Å². The minimum atomic E-state index is -0.807. The predicted octanol–water partition coefficient (Wildman–Crippen LogP) is 2.82. The molecule has 3 heterocycles. The van der Waals surface area contributed by atoms with Crippen LogP contribution in [0.5, 0.6) is 0 Å². The molecule has 2 aromatic carbocycles. The van der Waals surface area contributed by atoms with Crippen LogP contribution < -0.4 is 19.8 Å². The van der Waals surface area contributed by atoms with E-state index >= 15 is 0 Å². The molecule has 1 atom stereocenters. The van der Waals surface area contributed by atoms with Gasteiger partial charge in [-0.1, -0.05) is 41.1 Å². The summed E-state index contributed by atoms with van der Waals surface area (Å²) in [5, 5.41) is 12.4. The highest BCUT2D eigenvalue weighted by Crippen LogP contribution is 2.32. The van der Waals surface area contributed by atoms with E-state index in [4.69, 9.17) is 25.8 Å². The molecule has 1 aromatic heterocycles. The van der Waals surface area contributed by atoms with Gasteiger partial charge in [-0.15, -0.1) is 0 Å². The van der Waals surface area contributed by atoms with Gasteiger partial charge in [0.15, 0.2) is 4.80 Å². The predicted molar refractivity (Wildman–Crippen MR) is 154 cm³/mol. The number of thiazole rings is 1. The number of methoxy groups -OCH3 is 1. The van der Waals surface area contributed by atoms with Crippen LogP contribution in [0, 0.1) is 10.1 Å². The van der Waals surface area contributed by atoms with Crippen molar-refractivity contribution < 1.29 is 23.9 Å². The van der Waals surface area contributed by atoms with Gasteiger partial charge in [-0.2, -0.15) is 0 Å². The second-order valence-corrected chi connectivity index (χ2v) is 10.8. The summed E-state index contributed by atoms with van der Waals surface area (Å²) < 4.78 is 17.6. The molecule has 0 N–H and O–H groups in total. The minimum absolute atomic E-state index is 0.0447. The average molecular weight is 599 g/mol. The van der Waals surface area contributed by atoms with E-state index in [0.29, 0.717) is 63.2 Å². The lowest BCUT2D eigenvalue weighted by molar-refractivity contribution is -0.384. The van der Waals surface area contributed by atoms with Gasteiger partial charge in [-0.05, 0) is 42.3 Å². The number of carbonyl (C=O) groups excluding carboxylic acids is 1. The Morgan fingerprint density at radius 1 is 1.22 bits per heavy atom. The van der Waals surface area contributed by atoms with E-state index in [1.165, 1.54) is 17.7 Å². The lowest BCUT2D eigenvalue weighted by Crippen LogP contribution is -2.40. The highest BCUT2D eigenvalue weighted by molar-refractivity contribution is 7.07. The molecule has 0 bridgehead atoms. The molecule has 41 heavy (non-hydrogen) atoms. The fourth-order valence-electron chi connectivity index (χ4n) is 4.84. The Kier molecular flexibility index (Phi) is 8.64. The quantitative estimate of drug-likeness (QED) is 0.168. The van der Waals surface area contributed by atoms with Crippen LogP contribution in [0.2, 0.25) is 5.02 Å². The van der Waals surface area contributed by atoms with Crippen molar-refractivity contribution in [3.63, 3.8) is 0 Å². The smallest absolute Gasteiger partial charge is 0.338 e. The van der Waals surface area contributed by atoms with Gasteiger partial charge >= 0.3 is 5.97 Å². The molecule has 2 aliphatic rings. The maximum atomic E-state index is 13.8. The largest absolute Gasteiger partial charge is 0.460 e. The summed E-state index contributed by atoms with van der Waals surface area (Å²) in [7, 11) is 1.50. The Bertz CT molecular complexity index is 1690. The van der Waals surface area contributed by atoms with Crippen LogP contribution in [-0.2, 0) is 19.0 Å². The highest BCUT2D eigenvalue weighted by atomic mass is 35.5. The summed E-state index contributed by atoms with van der Waals surface area (Å²) >= 11 is 7.26. The number of allylic oxidation sites excluding steroid dienone is 1. The molecule has 0 aliphatic carbocycles. The number of halogens is 1. The van der Waals surface area contributed by atoms with Crippen LogP contribution in [-0.4, -0.2) is 62.1 Å². The van der Waals surface area contributed by atoms with Crippen molar-refractivity contribution in [2.45, 2.75) is 13.0 Å². The number of esters is 1. The molecule has 2 aliphatic heterocycles. The Morgan fingerprint density at radius 3 is 2.63 bits per heavy atom. The lowest BCUT2D eigenvalue weighted by Gasteiger charge is -2.28. The Morgan fingerprint density at radius 2 is 1.95 bits per heavy atom. The monoisotopic (exact) mass is 598 g/mol. The number of aromatic nitrogens is 1. The van der Waals surface area contributed by atoms with Crippen LogP contribution >= 0.6 is 22.9 Å². The van der Waals surface area contributed by atoms with Gasteiger partial charge in [0.05, 0.1) is 46.6 Å². The molecular formula is C28H27ClN4O7S. The third kappa shape index (κ3) is 5.96. The summed E-state index contributed by atoms with van der Waals surface area (Å²) in [6, 6.07) is 11.0. The molecule has 214 valence electrons. The molecule has 1 fully saturated rings. The number of benzene rings is 2.